The van der Waals surface area contributed by atoms with Crippen molar-refractivity contribution < 1.29 is 0 Å². The van der Waals surface area contributed by atoms with Crippen molar-refractivity contribution in [2.75, 3.05) is 5.32 Å². The van der Waals surface area contributed by atoms with Gasteiger partial charge in [0, 0.05) is 12.4 Å². The highest BCUT2D eigenvalue weighted by molar-refractivity contribution is 5.35. The van der Waals surface area contributed by atoms with Crippen LogP contribution in [0, 0.1) is 13.8 Å². The Morgan fingerprint density at radius 3 is 2.50 bits per heavy atom. The SMILES string of the molecule is Cc1ccc(NCc2cnc(C)cn2)nc1. The molecule has 4 heteroatoms. The van der Waals surface area contributed by atoms with E-state index in [9.17, 15) is 0 Å². The van der Waals surface area contributed by atoms with Gasteiger partial charge in [-0.1, -0.05) is 6.07 Å². The summed E-state index contributed by atoms with van der Waals surface area (Å²) in [6.07, 6.45) is 5.37. The average Bonchev–Trinajstić information content (AvgIpc) is 2.30. The topological polar surface area (TPSA) is 50.7 Å². The second-order valence-electron chi connectivity index (χ2n) is 3.72. The van der Waals surface area contributed by atoms with Crippen LogP contribution < -0.4 is 5.32 Å². The molecule has 0 saturated carbocycles. The number of aromatic nitrogens is 3. The molecule has 0 aromatic carbocycles. The van der Waals surface area contributed by atoms with Gasteiger partial charge in [-0.25, -0.2) is 4.98 Å². The maximum absolute atomic E-state index is 4.26. The number of nitrogens with one attached hydrogen (secondary N) is 1. The highest BCUT2D eigenvalue weighted by Gasteiger charge is 1.96. The van der Waals surface area contributed by atoms with Gasteiger partial charge in [-0.3, -0.25) is 9.97 Å². The predicted molar refractivity (Wildman–Crippen MR) is 63.1 cm³/mol. The molecule has 2 rings (SSSR count). The summed E-state index contributed by atoms with van der Waals surface area (Å²) in [5.41, 5.74) is 2.99. The lowest BCUT2D eigenvalue weighted by Gasteiger charge is -2.04. The molecule has 16 heavy (non-hydrogen) atoms. The summed E-state index contributed by atoms with van der Waals surface area (Å²) < 4.78 is 0. The van der Waals surface area contributed by atoms with Crippen molar-refractivity contribution in [3.8, 4) is 0 Å². The van der Waals surface area contributed by atoms with E-state index in [1.165, 1.54) is 0 Å². The normalized spacial score (nSPS) is 10.1. The summed E-state index contributed by atoms with van der Waals surface area (Å²) in [6.45, 7) is 4.58. The molecule has 0 aliphatic rings. The number of aryl methyl sites for hydroxylation is 2. The van der Waals surface area contributed by atoms with E-state index < -0.39 is 0 Å². The van der Waals surface area contributed by atoms with Crippen LogP contribution in [0.4, 0.5) is 5.82 Å². The third kappa shape index (κ3) is 2.76. The number of nitrogens with zero attached hydrogens (tertiary/aromatic N) is 3. The van der Waals surface area contributed by atoms with Crippen LogP contribution in [0.2, 0.25) is 0 Å². The van der Waals surface area contributed by atoms with Crippen molar-refractivity contribution in [3.05, 3.63) is 47.7 Å². The van der Waals surface area contributed by atoms with Gasteiger partial charge in [-0.2, -0.15) is 0 Å². The summed E-state index contributed by atoms with van der Waals surface area (Å²) in [5.74, 6) is 0.855. The molecule has 0 fully saturated rings. The molecular formula is C12H14N4. The third-order valence-corrected chi connectivity index (χ3v) is 2.20. The molecule has 2 heterocycles. The first-order valence-electron chi connectivity index (χ1n) is 5.18. The average molecular weight is 214 g/mol. The van der Waals surface area contributed by atoms with Crippen molar-refractivity contribution in [1.29, 1.82) is 0 Å². The molecule has 0 amide bonds. The zero-order valence-corrected chi connectivity index (χ0v) is 9.44. The van der Waals surface area contributed by atoms with Crippen molar-refractivity contribution in [2.24, 2.45) is 0 Å². The van der Waals surface area contributed by atoms with E-state index >= 15 is 0 Å². The highest BCUT2D eigenvalue weighted by Crippen LogP contribution is 2.05. The fraction of sp³-hybridized carbons (Fsp3) is 0.250. The summed E-state index contributed by atoms with van der Waals surface area (Å²) in [7, 11) is 0. The summed E-state index contributed by atoms with van der Waals surface area (Å²) in [6, 6.07) is 3.98. The Morgan fingerprint density at radius 2 is 1.88 bits per heavy atom. The predicted octanol–water partition coefficient (Wildman–Crippen LogP) is 2.10. The molecule has 0 spiro atoms. The number of hydrogen-bond donors (Lipinski definition) is 1. The van der Waals surface area contributed by atoms with Gasteiger partial charge in [0.25, 0.3) is 0 Å². The Bertz CT molecular complexity index is 402. The van der Waals surface area contributed by atoms with Gasteiger partial charge < -0.3 is 5.32 Å². The van der Waals surface area contributed by atoms with Gasteiger partial charge in [0.2, 0.25) is 0 Å². The number of hydrogen-bond acceptors (Lipinski definition) is 4. The van der Waals surface area contributed by atoms with E-state index in [1.54, 1.807) is 12.4 Å². The lowest BCUT2D eigenvalue weighted by molar-refractivity contribution is 0.976. The summed E-state index contributed by atoms with van der Waals surface area (Å²) in [5, 5.41) is 3.19. The maximum Gasteiger partial charge on any atom is 0.126 e. The Balaban J connectivity index is 1.97. The molecule has 0 aliphatic carbocycles. The number of rotatable bonds is 3. The number of pyridine rings is 1. The van der Waals surface area contributed by atoms with Crippen LogP contribution in [0.5, 0.6) is 0 Å². The quantitative estimate of drug-likeness (QED) is 0.850. The monoisotopic (exact) mass is 214 g/mol. The van der Waals surface area contributed by atoms with Crippen LogP contribution in [0.3, 0.4) is 0 Å². The largest absolute Gasteiger partial charge is 0.364 e. The Kier molecular flexibility index (Phi) is 3.10. The molecule has 0 aliphatic heterocycles. The van der Waals surface area contributed by atoms with Gasteiger partial charge >= 0.3 is 0 Å². The summed E-state index contributed by atoms with van der Waals surface area (Å²) in [4.78, 5) is 12.7. The van der Waals surface area contributed by atoms with E-state index in [2.05, 4.69) is 20.3 Å². The standard InChI is InChI=1S/C12H14N4/c1-9-3-4-12(15-5-9)16-8-11-7-13-10(2)6-14-11/h3-7H,8H2,1-2H3,(H,15,16). The first kappa shape index (κ1) is 10.5. The molecule has 0 bridgehead atoms. The Morgan fingerprint density at radius 1 is 1.00 bits per heavy atom. The molecular weight excluding hydrogens is 200 g/mol. The van der Waals surface area contributed by atoms with Gasteiger partial charge in [-0.05, 0) is 25.5 Å². The van der Waals surface area contributed by atoms with E-state index in [4.69, 9.17) is 0 Å². The third-order valence-electron chi connectivity index (χ3n) is 2.20. The van der Waals surface area contributed by atoms with Crippen LogP contribution in [0.1, 0.15) is 17.0 Å². The highest BCUT2D eigenvalue weighted by atomic mass is 15.0. The van der Waals surface area contributed by atoms with Gasteiger partial charge in [0.15, 0.2) is 0 Å². The molecule has 1 N–H and O–H groups in total. The van der Waals surface area contributed by atoms with E-state index in [0.29, 0.717) is 6.54 Å². The second kappa shape index (κ2) is 4.70. The molecule has 0 unspecified atom stereocenters. The van der Waals surface area contributed by atoms with E-state index in [0.717, 1.165) is 22.8 Å². The molecule has 0 radical (unpaired) electrons. The van der Waals surface area contributed by atoms with Crippen molar-refractivity contribution >= 4 is 5.82 Å². The fourth-order valence-electron chi connectivity index (χ4n) is 1.26. The lowest BCUT2D eigenvalue weighted by Crippen LogP contribution is -2.03. The fourth-order valence-corrected chi connectivity index (χ4v) is 1.26. The smallest absolute Gasteiger partial charge is 0.126 e. The van der Waals surface area contributed by atoms with Gasteiger partial charge in [0.05, 0.1) is 24.1 Å². The first-order chi connectivity index (χ1) is 7.74. The minimum absolute atomic E-state index is 0.642. The minimum atomic E-state index is 0.642. The van der Waals surface area contributed by atoms with Crippen LogP contribution >= 0.6 is 0 Å². The zero-order chi connectivity index (χ0) is 11.4. The van der Waals surface area contributed by atoms with Crippen molar-refractivity contribution in [1.82, 2.24) is 15.0 Å². The molecule has 2 aromatic rings. The Hall–Kier alpha value is -1.97. The van der Waals surface area contributed by atoms with Gasteiger partial charge in [0.1, 0.15) is 5.82 Å². The van der Waals surface area contributed by atoms with Crippen LogP contribution in [-0.2, 0) is 6.54 Å². The molecule has 2 aromatic heterocycles. The summed E-state index contributed by atoms with van der Waals surface area (Å²) >= 11 is 0. The molecule has 0 saturated heterocycles. The van der Waals surface area contributed by atoms with Crippen LogP contribution in [0.15, 0.2) is 30.7 Å². The molecule has 82 valence electrons. The maximum atomic E-state index is 4.26. The Labute approximate surface area is 94.8 Å². The zero-order valence-electron chi connectivity index (χ0n) is 9.44. The van der Waals surface area contributed by atoms with E-state index in [1.807, 2.05) is 32.2 Å². The van der Waals surface area contributed by atoms with Crippen molar-refractivity contribution in [2.45, 2.75) is 20.4 Å². The van der Waals surface area contributed by atoms with Crippen molar-refractivity contribution in [3.63, 3.8) is 0 Å². The number of anilines is 1. The minimum Gasteiger partial charge on any atom is -0.364 e. The van der Waals surface area contributed by atoms with Crippen LogP contribution in [-0.4, -0.2) is 15.0 Å². The van der Waals surface area contributed by atoms with Crippen LogP contribution in [0.25, 0.3) is 0 Å². The van der Waals surface area contributed by atoms with E-state index in [-0.39, 0.29) is 0 Å². The second-order valence-corrected chi connectivity index (χ2v) is 3.72. The molecule has 4 nitrogen and oxygen atoms in total. The first-order valence-corrected chi connectivity index (χ1v) is 5.18. The van der Waals surface area contributed by atoms with Gasteiger partial charge in [-0.15, -0.1) is 0 Å². The molecule has 0 atom stereocenters. The lowest BCUT2D eigenvalue weighted by atomic mass is 10.3.